The standard InChI is InChI=1S/C15H19NO3/c1-5-16-7-12(10(4)17)13-9(3)11(15(18)19)6-8(2)14(13)16/h6-7,10,17H,5H2,1-4H3,(H,18,19). The predicted octanol–water partition coefficient (Wildman–Crippen LogP) is 3.03. The predicted molar refractivity (Wildman–Crippen MR) is 74.7 cm³/mol. The van der Waals surface area contributed by atoms with Crippen molar-refractivity contribution in [3.05, 3.63) is 34.5 Å². The number of aromatic nitrogens is 1. The fourth-order valence-electron chi connectivity index (χ4n) is 2.71. The van der Waals surface area contributed by atoms with Gasteiger partial charge < -0.3 is 14.8 Å². The van der Waals surface area contributed by atoms with Crippen molar-refractivity contribution in [2.45, 2.75) is 40.3 Å². The van der Waals surface area contributed by atoms with Gasteiger partial charge in [-0.1, -0.05) is 0 Å². The molecular formula is C15H19NO3. The van der Waals surface area contributed by atoms with Gasteiger partial charge in [-0.25, -0.2) is 4.79 Å². The van der Waals surface area contributed by atoms with Crippen molar-refractivity contribution in [2.75, 3.05) is 0 Å². The Hall–Kier alpha value is -1.81. The van der Waals surface area contributed by atoms with E-state index >= 15 is 0 Å². The van der Waals surface area contributed by atoms with E-state index in [9.17, 15) is 15.0 Å². The largest absolute Gasteiger partial charge is 0.478 e. The Bertz CT molecular complexity index is 653. The first kappa shape index (κ1) is 13.6. The third kappa shape index (κ3) is 2.02. The molecule has 2 N–H and O–H groups in total. The van der Waals surface area contributed by atoms with Gasteiger partial charge in [0.15, 0.2) is 0 Å². The van der Waals surface area contributed by atoms with Crippen LogP contribution in [0, 0.1) is 13.8 Å². The van der Waals surface area contributed by atoms with E-state index in [1.54, 1.807) is 19.9 Å². The summed E-state index contributed by atoms with van der Waals surface area (Å²) in [5.74, 6) is -0.928. The van der Waals surface area contributed by atoms with Gasteiger partial charge >= 0.3 is 5.97 Å². The second-order valence-electron chi connectivity index (χ2n) is 4.94. The van der Waals surface area contributed by atoms with Crippen LogP contribution in [0.4, 0.5) is 0 Å². The highest BCUT2D eigenvalue weighted by atomic mass is 16.4. The van der Waals surface area contributed by atoms with Crippen LogP contribution in [-0.4, -0.2) is 20.7 Å². The Morgan fingerprint density at radius 2 is 2.05 bits per heavy atom. The molecule has 1 aromatic carbocycles. The number of carboxylic acid groups (broad SMARTS) is 1. The van der Waals surface area contributed by atoms with Crippen LogP contribution in [0.2, 0.25) is 0 Å². The number of aryl methyl sites for hydroxylation is 3. The highest BCUT2D eigenvalue weighted by Gasteiger charge is 2.20. The topological polar surface area (TPSA) is 62.5 Å². The maximum absolute atomic E-state index is 11.3. The molecule has 1 heterocycles. The highest BCUT2D eigenvalue weighted by molar-refractivity contribution is 6.00. The Morgan fingerprint density at radius 3 is 2.53 bits per heavy atom. The molecule has 19 heavy (non-hydrogen) atoms. The third-order valence-corrected chi connectivity index (χ3v) is 3.64. The summed E-state index contributed by atoms with van der Waals surface area (Å²) in [5.41, 5.74) is 3.75. The van der Waals surface area contributed by atoms with Gasteiger partial charge in [0.2, 0.25) is 0 Å². The van der Waals surface area contributed by atoms with Gasteiger partial charge in [-0.05, 0) is 44.9 Å². The SMILES string of the molecule is CCn1cc(C(C)O)c2c(C)c(C(=O)O)cc(C)c21. The first-order valence-corrected chi connectivity index (χ1v) is 6.42. The first-order chi connectivity index (χ1) is 8.88. The second-order valence-corrected chi connectivity index (χ2v) is 4.94. The summed E-state index contributed by atoms with van der Waals surface area (Å²) in [6, 6.07) is 1.71. The molecule has 0 aliphatic heterocycles. The monoisotopic (exact) mass is 261 g/mol. The van der Waals surface area contributed by atoms with Gasteiger partial charge in [-0.2, -0.15) is 0 Å². The molecule has 0 fully saturated rings. The zero-order chi connectivity index (χ0) is 14.3. The number of fused-ring (bicyclic) bond motifs is 1. The number of nitrogens with zero attached hydrogens (tertiary/aromatic N) is 1. The van der Waals surface area contributed by atoms with Gasteiger partial charge in [-0.3, -0.25) is 0 Å². The second kappa shape index (κ2) is 4.70. The minimum absolute atomic E-state index is 0.306. The number of hydrogen-bond donors (Lipinski definition) is 2. The van der Waals surface area contributed by atoms with Gasteiger partial charge in [0.05, 0.1) is 17.2 Å². The van der Waals surface area contributed by atoms with Crippen LogP contribution in [0.15, 0.2) is 12.3 Å². The molecule has 1 aromatic heterocycles. The summed E-state index contributed by atoms with van der Waals surface area (Å²) in [6.07, 6.45) is 1.30. The lowest BCUT2D eigenvalue weighted by atomic mass is 9.97. The minimum atomic E-state index is -0.928. The number of aromatic carboxylic acids is 1. The molecule has 1 atom stereocenters. The molecule has 0 spiro atoms. The molecule has 0 saturated heterocycles. The maximum Gasteiger partial charge on any atom is 0.335 e. The molecule has 0 aliphatic carbocycles. The molecule has 0 saturated carbocycles. The van der Waals surface area contributed by atoms with Gasteiger partial charge in [-0.15, -0.1) is 0 Å². The van der Waals surface area contributed by atoms with E-state index in [1.807, 2.05) is 20.0 Å². The van der Waals surface area contributed by atoms with Crippen LogP contribution >= 0.6 is 0 Å². The fraction of sp³-hybridized carbons (Fsp3) is 0.400. The zero-order valence-electron chi connectivity index (χ0n) is 11.7. The van der Waals surface area contributed by atoms with Crippen molar-refractivity contribution in [2.24, 2.45) is 0 Å². The lowest BCUT2D eigenvalue weighted by Crippen LogP contribution is -2.03. The summed E-state index contributed by atoms with van der Waals surface area (Å²) in [7, 11) is 0. The quantitative estimate of drug-likeness (QED) is 0.892. The lowest BCUT2D eigenvalue weighted by Gasteiger charge is -2.10. The molecule has 0 bridgehead atoms. The van der Waals surface area contributed by atoms with Crippen LogP contribution < -0.4 is 0 Å². The molecule has 2 rings (SSSR count). The number of rotatable bonds is 3. The molecule has 0 aliphatic rings. The molecule has 102 valence electrons. The number of carbonyl (C=O) groups is 1. The normalized spacial score (nSPS) is 12.9. The number of aliphatic hydroxyl groups is 1. The van der Waals surface area contributed by atoms with E-state index in [4.69, 9.17) is 0 Å². The van der Waals surface area contributed by atoms with Crippen molar-refractivity contribution in [3.63, 3.8) is 0 Å². The molecule has 1 unspecified atom stereocenters. The van der Waals surface area contributed by atoms with Crippen molar-refractivity contribution in [1.29, 1.82) is 0 Å². The van der Waals surface area contributed by atoms with E-state index in [-0.39, 0.29) is 0 Å². The van der Waals surface area contributed by atoms with Gasteiger partial charge in [0.1, 0.15) is 0 Å². The van der Waals surface area contributed by atoms with Crippen LogP contribution in [0.1, 0.15) is 47.0 Å². The summed E-state index contributed by atoms with van der Waals surface area (Å²) in [5, 5.41) is 20.1. The molecular weight excluding hydrogens is 242 g/mol. The van der Waals surface area contributed by atoms with E-state index < -0.39 is 12.1 Å². The maximum atomic E-state index is 11.3. The number of benzene rings is 1. The van der Waals surface area contributed by atoms with Gasteiger partial charge in [0, 0.05) is 23.7 Å². The van der Waals surface area contributed by atoms with Crippen LogP contribution in [0.3, 0.4) is 0 Å². The van der Waals surface area contributed by atoms with E-state index in [2.05, 4.69) is 4.57 Å². The van der Waals surface area contributed by atoms with Gasteiger partial charge in [0.25, 0.3) is 0 Å². The van der Waals surface area contributed by atoms with Crippen molar-refractivity contribution in [1.82, 2.24) is 4.57 Å². The van der Waals surface area contributed by atoms with Crippen LogP contribution in [-0.2, 0) is 6.54 Å². The van der Waals surface area contributed by atoms with Crippen molar-refractivity contribution < 1.29 is 15.0 Å². The van der Waals surface area contributed by atoms with Crippen molar-refractivity contribution >= 4 is 16.9 Å². The number of hydrogen-bond acceptors (Lipinski definition) is 2. The summed E-state index contributed by atoms with van der Waals surface area (Å²) >= 11 is 0. The molecule has 2 aromatic rings. The summed E-state index contributed by atoms with van der Waals surface area (Å²) in [6.45, 7) is 8.24. The Morgan fingerprint density at radius 1 is 1.42 bits per heavy atom. The summed E-state index contributed by atoms with van der Waals surface area (Å²) < 4.78 is 2.06. The molecule has 0 radical (unpaired) electrons. The zero-order valence-corrected chi connectivity index (χ0v) is 11.7. The Kier molecular flexibility index (Phi) is 3.37. The Labute approximate surface area is 112 Å². The average molecular weight is 261 g/mol. The first-order valence-electron chi connectivity index (χ1n) is 6.42. The van der Waals surface area contributed by atoms with Crippen LogP contribution in [0.25, 0.3) is 10.9 Å². The highest BCUT2D eigenvalue weighted by Crippen LogP contribution is 2.33. The number of carboxylic acids is 1. The lowest BCUT2D eigenvalue weighted by molar-refractivity contribution is 0.0696. The smallest absolute Gasteiger partial charge is 0.335 e. The molecule has 4 nitrogen and oxygen atoms in total. The summed E-state index contributed by atoms with van der Waals surface area (Å²) in [4.78, 5) is 11.3. The van der Waals surface area contributed by atoms with Crippen molar-refractivity contribution in [3.8, 4) is 0 Å². The molecule has 0 amide bonds. The minimum Gasteiger partial charge on any atom is -0.478 e. The van der Waals surface area contributed by atoms with E-state index in [1.165, 1.54) is 0 Å². The van der Waals surface area contributed by atoms with E-state index in [0.29, 0.717) is 5.56 Å². The Balaban J connectivity index is 2.96. The van der Waals surface area contributed by atoms with Crippen LogP contribution in [0.5, 0.6) is 0 Å². The third-order valence-electron chi connectivity index (χ3n) is 3.64. The average Bonchev–Trinajstić information content (AvgIpc) is 2.73. The fourth-order valence-corrected chi connectivity index (χ4v) is 2.71. The number of aliphatic hydroxyl groups excluding tert-OH is 1. The molecule has 4 heteroatoms. The van der Waals surface area contributed by atoms with E-state index in [0.717, 1.165) is 34.1 Å².